The monoisotopic (exact) mass is 383 g/mol. The van der Waals surface area contributed by atoms with Gasteiger partial charge in [0.05, 0.1) is 12.0 Å². The molecule has 2 heterocycles. The number of nitrogens with zero attached hydrogens (tertiary/aromatic N) is 4. The van der Waals surface area contributed by atoms with Crippen LogP contribution in [0.3, 0.4) is 0 Å². The lowest BCUT2D eigenvalue weighted by atomic mass is 10.1. The van der Waals surface area contributed by atoms with Crippen LogP contribution in [0.15, 0.2) is 58.4 Å². The van der Waals surface area contributed by atoms with Crippen LogP contribution in [0.1, 0.15) is 5.69 Å². The molecule has 0 aliphatic heterocycles. The van der Waals surface area contributed by atoms with Crippen LogP contribution in [0.5, 0.6) is 0 Å². The number of carbonyl (C=O) groups excluding carboxylic acids is 1. The first-order valence-electron chi connectivity index (χ1n) is 8.56. The van der Waals surface area contributed by atoms with E-state index in [1.54, 1.807) is 19.1 Å². The molecule has 1 amide bonds. The molecular weight excluding hydrogens is 365 g/mol. The van der Waals surface area contributed by atoms with Gasteiger partial charge in [0, 0.05) is 36.5 Å². The number of amides is 1. The second-order valence-corrected chi connectivity index (χ2v) is 6.13. The van der Waals surface area contributed by atoms with E-state index < -0.39 is 11.5 Å². The van der Waals surface area contributed by atoms with Crippen molar-refractivity contribution in [3.63, 3.8) is 0 Å². The molecule has 0 spiro atoms. The van der Waals surface area contributed by atoms with Gasteiger partial charge < -0.3 is 5.32 Å². The van der Waals surface area contributed by atoms with Crippen LogP contribution in [0.4, 0.5) is 4.39 Å². The molecule has 3 aromatic rings. The highest BCUT2D eigenvalue weighted by Gasteiger charge is 2.08. The van der Waals surface area contributed by atoms with Crippen molar-refractivity contribution in [2.24, 2.45) is 0 Å². The third-order valence-electron chi connectivity index (χ3n) is 3.99. The Morgan fingerprint density at radius 3 is 2.57 bits per heavy atom. The van der Waals surface area contributed by atoms with Crippen LogP contribution in [-0.4, -0.2) is 31.8 Å². The number of hydrogen-bond donors (Lipinski definition) is 1. The Morgan fingerprint density at radius 2 is 1.86 bits per heavy atom. The average molecular weight is 383 g/mol. The number of carbonyl (C=O) groups is 1. The minimum absolute atomic E-state index is 0.202. The van der Waals surface area contributed by atoms with Gasteiger partial charge in [-0.05, 0) is 37.3 Å². The zero-order valence-electron chi connectivity index (χ0n) is 15.1. The van der Waals surface area contributed by atoms with Gasteiger partial charge in [0.25, 0.3) is 11.1 Å². The Labute approximate surface area is 159 Å². The molecule has 3 rings (SSSR count). The maximum Gasteiger partial charge on any atom is 0.267 e. The van der Waals surface area contributed by atoms with Gasteiger partial charge in [0.1, 0.15) is 12.4 Å². The summed E-state index contributed by atoms with van der Waals surface area (Å²) in [7, 11) is 0. The molecule has 0 fully saturated rings. The van der Waals surface area contributed by atoms with Crippen LogP contribution in [-0.2, 0) is 17.9 Å². The molecule has 9 heteroatoms. The molecule has 0 radical (unpaired) electrons. The molecule has 0 aliphatic rings. The van der Waals surface area contributed by atoms with E-state index in [2.05, 4.69) is 15.4 Å². The first-order valence-corrected chi connectivity index (χ1v) is 8.56. The molecule has 2 aromatic heterocycles. The number of benzene rings is 1. The van der Waals surface area contributed by atoms with E-state index in [1.165, 1.54) is 41.2 Å². The fourth-order valence-corrected chi connectivity index (χ4v) is 2.53. The third-order valence-corrected chi connectivity index (χ3v) is 3.99. The molecule has 0 aliphatic carbocycles. The first-order chi connectivity index (χ1) is 13.4. The van der Waals surface area contributed by atoms with Crippen molar-refractivity contribution in [1.29, 1.82) is 0 Å². The summed E-state index contributed by atoms with van der Waals surface area (Å²) in [5, 5.41) is 6.80. The highest BCUT2D eigenvalue weighted by Crippen LogP contribution is 2.15. The lowest BCUT2D eigenvalue weighted by molar-refractivity contribution is -0.121. The zero-order chi connectivity index (χ0) is 20.1. The molecule has 8 nitrogen and oxygen atoms in total. The van der Waals surface area contributed by atoms with Gasteiger partial charge in [-0.3, -0.25) is 19.0 Å². The van der Waals surface area contributed by atoms with E-state index in [4.69, 9.17) is 0 Å². The molecule has 1 aromatic carbocycles. The molecule has 0 saturated heterocycles. The lowest BCUT2D eigenvalue weighted by Crippen LogP contribution is -2.36. The predicted octanol–water partition coefficient (Wildman–Crippen LogP) is 0.731. The summed E-state index contributed by atoms with van der Waals surface area (Å²) in [5.41, 5.74) is 1.06. The summed E-state index contributed by atoms with van der Waals surface area (Å²) in [4.78, 5) is 39.9. The van der Waals surface area contributed by atoms with Crippen LogP contribution >= 0.6 is 0 Å². The first kappa shape index (κ1) is 19.2. The minimum atomic E-state index is -0.431. The van der Waals surface area contributed by atoms with Gasteiger partial charge in [-0.15, -0.1) is 0 Å². The number of aryl methyl sites for hydroxylation is 1. The molecule has 144 valence electrons. The molecule has 0 saturated carbocycles. The average Bonchev–Trinajstić information content (AvgIpc) is 2.66. The van der Waals surface area contributed by atoms with Gasteiger partial charge in [0.15, 0.2) is 0 Å². The summed E-state index contributed by atoms with van der Waals surface area (Å²) in [6.45, 7) is 1.92. The molecule has 28 heavy (non-hydrogen) atoms. The Morgan fingerprint density at radius 1 is 1.11 bits per heavy atom. The van der Waals surface area contributed by atoms with E-state index >= 15 is 0 Å². The fourth-order valence-electron chi connectivity index (χ4n) is 2.53. The Balaban J connectivity index is 1.63. The van der Waals surface area contributed by atoms with Gasteiger partial charge in [-0.1, -0.05) is 0 Å². The largest absolute Gasteiger partial charge is 0.353 e. The van der Waals surface area contributed by atoms with Gasteiger partial charge in [-0.2, -0.15) is 5.10 Å². The highest BCUT2D eigenvalue weighted by molar-refractivity contribution is 5.75. The minimum Gasteiger partial charge on any atom is -0.353 e. The standard InChI is InChI=1S/C19H18FN5O3/c1-13-10-19(28)24(12-22-13)9-8-21-17(26)11-25-18(27)7-6-16(23-25)14-2-4-15(20)5-3-14/h2-7,10,12H,8-9,11H2,1H3,(H,21,26). The SMILES string of the molecule is Cc1cc(=O)n(CCNC(=O)Cn2nc(-c3ccc(F)cc3)ccc2=O)cn1. The van der Waals surface area contributed by atoms with E-state index in [-0.39, 0.29) is 31.0 Å². The maximum absolute atomic E-state index is 13.0. The van der Waals surface area contributed by atoms with Crippen molar-refractivity contribution in [1.82, 2.24) is 24.6 Å². The number of aromatic nitrogens is 4. The van der Waals surface area contributed by atoms with Crippen molar-refractivity contribution in [2.45, 2.75) is 20.0 Å². The van der Waals surface area contributed by atoms with Crippen molar-refractivity contribution < 1.29 is 9.18 Å². The maximum atomic E-state index is 13.0. The Kier molecular flexibility index (Phi) is 5.73. The summed E-state index contributed by atoms with van der Waals surface area (Å²) in [6.07, 6.45) is 1.42. The summed E-state index contributed by atoms with van der Waals surface area (Å²) >= 11 is 0. The molecule has 0 bridgehead atoms. The second-order valence-electron chi connectivity index (χ2n) is 6.13. The molecule has 0 atom stereocenters. The smallest absolute Gasteiger partial charge is 0.267 e. The topological polar surface area (TPSA) is 98.9 Å². The zero-order valence-corrected chi connectivity index (χ0v) is 15.1. The Hall–Kier alpha value is -3.62. The number of rotatable bonds is 6. The molecule has 0 unspecified atom stereocenters. The quantitative estimate of drug-likeness (QED) is 0.677. The van der Waals surface area contributed by atoms with Gasteiger partial charge in [0.2, 0.25) is 5.91 Å². The number of hydrogen-bond acceptors (Lipinski definition) is 5. The second kappa shape index (κ2) is 8.38. The predicted molar refractivity (Wildman–Crippen MR) is 100 cm³/mol. The number of nitrogens with one attached hydrogen (secondary N) is 1. The van der Waals surface area contributed by atoms with Gasteiger partial charge in [-0.25, -0.2) is 14.1 Å². The third kappa shape index (κ3) is 4.76. The van der Waals surface area contributed by atoms with Crippen molar-refractivity contribution in [2.75, 3.05) is 6.54 Å². The number of halogens is 1. The van der Waals surface area contributed by atoms with E-state index in [0.29, 0.717) is 17.0 Å². The van der Waals surface area contributed by atoms with Crippen molar-refractivity contribution in [3.8, 4) is 11.3 Å². The van der Waals surface area contributed by atoms with Crippen molar-refractivity contribution in [3.05, 3.63) is 81.0 Å². The Bertz CT molecular complexity index is 1110. The highest BCUT2D eigenvalue weighted by atomic mass is 19.1. The fraction of sp³-hybridized carbons (Fsp3) is 0.211. The normalized spacial score (nSPS) is 10.6. The van der Waals surface area contributed by atoms with Gasteiger partial charge >= 0.3 is 0 Å². The lowest BCUT2D eigenvalue weighted by Gasteiger charge is -2.09. The van der Waals surface area contributed by atoms with Crippen LogP contribution in [0.25, 0.3) is 11.3 Å². The van der Waals surface area contributed by atoms with E-state index in [9.17, 15) is 18.8 Å². The van der Waals surface area contributed by atoms with E-state index in [0.717, 1.165) is 4.68 Å². The van der Waals surface area contributed by atoms with Crippen LogP contribution in [0.2, 0.25) is 0 Å². The summed E-state index contributed by atoms with van der Waals surface area (Å²) in [5.74, 6) is -0.793. The van der Waals surface area contributed by atoms with Crippen LogP contribution < -0.4 is 16.4 Å². The molecular formula is C19H18FN5O3. The van der Waals surface area contributed by atoms with E-state index in [1.807, 2.05) is 0 Å². The van der Waals surface area contributed by atoms with Crippen molar-refractivity contribution >= 4 is 5.91 Å². The molecule has 1 N–H and O–H groups in total. The summed E-state index contributed by atoms with van der Waals surface area (Å²) in [6, 6.07) is 9.89. The summed E-state index contributed by atoms with van der Waals surface area (Å²) < 4.78 is 15.5. The van der Waals surface area contributed by atoms with Crippen LogP contribution in [0, 0.1) is 12.7 Å².